The van der Waals surface area contributed by atoms with Crippen molar-refractivity contribution in [3.05, 3.63) is 46.8 Å². The standard InChI is InChI=1S/C17H19N3O2.ClH/c1-11-9-16(22-19-11)15-3-2-8-20(15)17(21)13-4-5-14-12(10-13)6-7-18-14;/h4-5,9-10,15,18H,2-3,6-8H2,1H3;1H. The monoisotopic (exact) mass is 333 g/mol. The molecule has 1 saturated heterocycles. The van der Waals surface area contributed by atoms with Gasteiger partial charge in [0.1, 0.15) is 0 Å². The van der Waals surface area contributed by atoms with Gasteiger partial charge >= 0.3 is 0 Å². The first kappa shape index (κ1) is 15.9. The van der Waals surface area contributed by atoms with Crippen molar-refractivity contribution in [3.63, 3.8) is 0 Å². The fourth-order valence-electron chi connectivity index (χ4n) is 3.45. The fourth-order valence-corrected chi connectivity index (χ4v) is 3.45. The molecule has 0 radical (unpaired) electrons. The zero-order valence-corrected chi connectivity index (χ0v) is 13.9. The summed E-state index contributed by atoms with van der Waals surface area (Å²) in [6.45, 7) is 3.64. The summed E-state index contributed by atoms with van der Waals surface area (Å²) < 4.78 is 5.38. The van der Waals surface area contributed by atoms with Crippen LogP contribution in [0.4, 0.5) is 5.69 Å². The molecular formula is C17H20ClN3O2. The zero-order valence-electron chi connectivity index (χ0n) is 13.0. The van der Waals surface area contributed by atoms with E-state index in [1.54, 1.807) is 0 Å². The lowest BCUT2D eigenvalue weighted by atomic mass is 10.1. The van der Waals surface area contributed by atoms with E-state index >= 15 is 0 Å². The van der Waals surface area contributed by atoms with Crippen LogP contribution in [0.3, 0.4) is 0 Å². The highest BCUT2D eigenvalue weighted by molar-refractivity contribution is 5.95. The minimum atomic E-state index is 0. The molecule has 122 valence electrons. The van der Waals surface area contributed by atoms with Gasteiger partial charge < -0.3 is 14.7 Å². The molecule has 1 atom stereocenters. The van der Waals surface area contributed by atoms with Crippen molar-refractivity contribution >= 4 is 24.0 Å². The van der Waals surface area contributed by atoms with Crippen molar-refractivity contribution in [2.75, 3.05) is 18.4 Å². The number of fused-ring (bicyclic) bond motifs is 1. The first-order valence-electron chi connectivity index (χ1n) is 7.83. The van der Waals surface area contributed by atoms with E-state index < -0.39 is 0 Å². The Morgan fingerprint density at radius 2 is 2.26 bits per heavy atom. The summed E-state index contributed by atoms with van der Waals surface area (Å²) in [5.74, 6) is 0.887. The van der Waals surface area contributed by atoms with Crippen LogP contribution in [-0.4, -0.2) is 29.1 Å². The number of hydrogen-bond acceptors (Lipinski definition) is 4. The van der Waals surface area contributed by atoms with E-state index in [2.05, 4.69) is 10.5 Å². The Labute approximate surface area is 141 Å². The van der Waals surface area contributed by atoms with Crippen LogP contribution >= 0.6 is 12.4 Å². The normalized spacial score (nSPS) is 19.2. The summed E-state index contributed by atoms with van der Waals surface area (Å²) in [5.41, 5.74) is 4.01. The number of nitrogens with zero attached hydrogens (tertiary/aromatic N) is 2. The van der Waals surface area contributed by atoms with Crippen LogP contribution < -0.4 is 5.32 Å². The average Bonchev–Trinajstić information content (AvgIpc) is 3.25. The van der Waals surface area contributed by atoms with Crippen LogP contribution in [0.15, 0.2) is 28.8 Å². The van der Waals surface area contributed by atoms with Gasteiger partial charge in [0.15, 0.2) is 5.76 Å². The van der Waals surface area contributed by atoms with Crippen LogP contribution in [0.5, 0.6) is 0 Å². The highest BCUT2D eigenvalue weighted by Gasteiger charge is 2.33. The predicted octanol–water partition coefficient (Wildman–Crippen LogP) is 3.35. The van der Waals surface area contributed by atoms with Gasteiger partial charge in [0.2, 0.25) is 0 Å². The molecule has 0 saturated carbocycles. The maximum Gasteiger partial charge on any atom is 0.254 e. The molecule has 3 heterocycles. The molecule has 1 fully saturated rings. The number of hydrogen-bond donors (Lipinski definition) is 1. The number of carbonyl (C=O) groups is 1. The molecule has 1 aromatic heterocycles. The first-order valence-corrected chi connectivity index (χ1v) is 7.83. The first-order chi connectivity index (χ1) is 10.7. The number of rotatable bonds is 2. The molecule has 0 aliphatic carbocycles. The van der Waals surface area contributed by atoms with Crippen molar-refractivity contribution < 1.29 is 9.32 Å². The van der Waals surface area contributed by atoms with Crippen molar-refractivity contribution in [2.24, 2.45) is 0 Å². The minimum absolute atomic E-state index is 0. The van der Waals surface area contributed by atoms with Gasteiger partial charge in [0.25, 0.3) is 5.91 Å². The molecule has 5 nitrogen and oxygen atoms in total. The van der Waals surface area contributed by atoms with Crippen LogP contribution in [-0.2, 0) is 6.42 Å². The fraction of sp³-hybridized carbons (Fsp3) is 0.412. The maximum absolute atomic E-state index is 12.9. The van der Waals surface area contributed by atoms with Crippen molar-refractivity contribution in [3.8, 4) is 0 Å². The largest absolute Gasteiger partial charge is 0.384 e. The Balaban J connectivity index is 0.00000156. The predicted molar refractivity (Wildman–Crippen MR) is 90.1 cm³/mol. The Hall–Kier alpha value is -2.01. The summed E-state index contributed by atoms with van der Waals surface area (Å²) in [5, 5.41) is 7.28. The molecule has 1 unspecified atom stereocenters. The maximum atomic E-state index is 12.9. The van der Waals surface area contributed by atoms with Gasteiger partial charge in [0, 0.05) is 30.4 Å². The third kappa shape index (κ3) is 2.81. The third-order valence-corrected chi connectivity index (χ3v) is 4.55. The van der Waals surface area contributed by atoms with Gasteiger partial charge in [-0.2, -0.15) is 0 Å². The Morgan fingerprint density at radius 3 is 3.04 bits per heavy atom. The summed E-state index contributed by atoms with van der Waals surface area (Å²) in [6, 6.07) is 7.90. The minimum Gasteiger partial charge on any atom is -0.384 e. The second-order valence-electron chi connectivity index (χ2n) is 6.08. The number of carbonyl (C=O) groups excluding carboxylic acids is 1. The summed E-state index contributed by atoms with van der Waals surface area (Å²) in [4.78, 5) is 14.8. The number of halogens is 1. The Kier molecular flexibility index (Phi) is 4.31. The second kappa shape index (κ2) is 6.24. The molecule has 23 heavy (non-hydrogen) atoms. The van der Waals surface area contributed by atoms with E-state index in [1.807, 2.05) is 36.1 Å². The smallest absolute Gasteiger partial charge is 0.254 e. The molecule has 0 bridgehead atoms. The summed E-state index contributed by atoms with van der Waals surface area (Å²) in [7, 11) is 0. The van der Waals surface area contributed by atoms with Crippen LogP contribution in [0.25, 0.3) is 0 Å². The number of benzene rings is 1. The molecule has 1 aromatic carbocycles. The van der Waals surface area contributed by atoms with Crippen LogP contribution in [0, 0.1) is 6.92 Å². The molecule has 2 aromatic rings. The summed E-state index contributed by atoms with van der Waals surface area (Å²) >= 11 is 0. The average molecular weight is 334 g/mol. The highest BCUT2D eigenvalue weighted by atomic mass is 35.5. The van der Waals surface area contributed by atoms with E-state index in [-0.39, 0.29) is 24.4 Å². The number of aromatic nitrogens is 1. The topological polar surface area (TPSA) is 58.4 Å². The number of anilines is 1. The number of likely N-dealkylation sites (tertiary alicyclic amines) is 1. The van der Waals surface area contributed by atoms with E-state index in [9.17, 15) is 4.79 Å². The number of nitrogens with one attached hydrogen (secondary N) is 1. The number of amides is 1. The summed E-state index contributed by atoms with van der Waals surface area (Å²) in [6.07, 6.45) is 2.93. The van der Waals surface area contributed by atoms with Crippen molar-refractivity contribution in [1.82, 2.24) is 10.1 Å². The van der Waals surface area contributed by atoms with Gasteiger partial charge in [-0.3, -0.25) is 4.79 Å². The second-order valence-corrected chi connectivity index (χ2v) is 6.08. The number of aryl methyl sites for hydroxylation is 1. The van der Waals surface area contributed by atoms with Gasteiger partial charge in [-0.15, -0.1) is 12.4 Å². The molecule has 6 heteroatoms. The molecule has 0 spiro atoms. The lowest BCUT2D eigenvalue weighted by Crippen LogP contribution is -2.30. The van der Waals surface area contributed by atoms with Crippen LogP contribution in [0.1, 0.15) is 46.3 Å². The molecule has 4 rings (SSSR count). The third-order valence-electron chi connectivity index (χ3n) is 4.55. The van der Waals surface area contributed by atoms with E-state index in [4.69, 9.17) is 4.52 Å². The molecule has 1 amide bonds. The highest BCUT2D eigenvalue weighted by Crippen LogP contribution is 2.34. The molecular weight excluding hydrogens is 314 g/mol. The van der Waals surface area contributed by atoms with E-state index in [0.29, 0.717) is 0 Å². The SMILES string of the molecule is Cc1cc(C2CCCN2C(=O)c2ccc3c(c2)CCN3)on1.Cl. The molecule has 1 N–H and O–H groups in total. The van der Waals surface area contributed by atoms with Crippen LogP contribution in [0.2, 0.25) is 0 Å². The van der Waals surface area contributed by atoms with Gasteiger partial charge in [-0.05, 0) is 49.9 Å². The van der Waals surface area contributed by atoms with Crippen molar-refractivity contribution in [2.45, 2.75) is 32.2 Å². The zero-order chi connectivity index (χ0) is 15.1. The van der Waals surface area contributed by atoms with Crippen molar-refractivity contribution in [1.29, 1.82) is 0 Å². The van der Waals surface area contributed by atoms with E-state index in [0.717, 1.165) is 55.1 Å². The van der Waals surface area contributed by atoms with Gasteiger partial charge in [0.05, 0.1) is 11.7 Å². The molecule has 2 aliphatic heterocycles. The van der Waals surface area contributed by atoms with E-state index in [1.165, 1.54) is 5.56 Å². The van der Waals surface area contributed by atoms with Gasteiger partial charge in [-0.1, -0.05) is 5.16 Å². The Morgan fingerprint density at radius 1 is 1.39 bits per heavy atom. The lowest BCUT2D eigenvalue weighted by Gasteiger charge is -2.23. The quantitative estimate of drug-likeness (QED) is 0.915. The Bertz CT molecular complexity index is 728. The lowest BCUT2D eigenvalue weighted by molar-refractivity contribution is 0.0714. The molecule has 2 aliphatic rings. The van der Waals surface area contributed by atoms with Gasteiger partial charge in [-0.25, -0.2) is 0 Å².